The van der Waals surface area contributed by atoms with Crippen LogP contribution in [0.5, 0.6) is 0 Å². The Morgan fingerprint density at radius 3 is 2.68 bits per heavy atom. The maximum Gasteiger partial charge on any atom is 0.251 e. The molecular formula is C16H24N2O. The van der Waals surface area contributed by atoms with Crippen molar-refractivity contribution in [3.63, 3.8) is 0 Å². The molecule has 0 aliphatic carbocycles. The second kappa shape index (κ2) is 6.71. The van der Waals surface area contributed by atoms with Crippen molar-refractivity contribution >= 4 is 5.91 Å². The molecule has 2 rings (SSSR count). The zero-order chi connectivity index (χ0) is 13.7. The summed E-state index contributed by atoms with van der Waals surface area (Å²) in [5.41, 5.74) is 0.753. The number of likely N-dealkylation sites (tertiary alicyclic amines) is 1. The van der Waals surface area contributed by atoms with E-state index in [0.717, 1.165) is 25.1 Å². The van der Waals surface area contributed by atoms with Gasteiger partial charge in [-0.3, -0.25) is 9.69 Å². The van der Waals surface area contributed by atoms with E-state index in [1.54, 1.807) is 0 Å². The van der Waals surface area contributed by atoms with Crippen LogP contribution in [0.1, 0.15) is 43.5 Å². The van der Waals surface area contributed by atoms with Gasteiger partial charge in [0.15, 0.2) is 0 Å². The second-order valence-corrected chi connectivity index (χ2v) is 5.62. The molecule has 1 N–H and O–H groups in total. The Balaban J connectivity index is 1.95. The quantitative estimate of drug-likeness (QED) is 0.906. The van der Waals surface area contributed by atoms with Crippen molar-refractivity contribution in [2.24, 2.45) is 0 Å². The molecule has 0 spiro atoms. The number of nitrogens with one attached hydrogen (secondary N) is 1. The summed E-state index contributed by atoms with van der Waals surface area (Å²) in [5, 5.41) is 3.18. The number of rotatable bonds is 3. The SMILES string of the molecule is CC(C)N1CCCCC(NC(=O)c2ccccc2)C1. The Bertz CT molecular complexity index is 402. The zero-order valence-corrected chi connectivity index (χ0v) is 11.9. The van der Waals surface area contributed by atoms with Crippen LogP contribution < -0.4 is 5.32 Å². The molecule has 104 valence electrons. The third kappa shape index (κ3) is 4.06. The molecule has 3 heteroatoms. The van der Waals surface area contributed by atoms with Gasteiger partial charge in [0.2, 0.25) is 0 Å². The highest BCUT2D eigenvalue weighted by molar-refractivity contribution is 5.94. The third-order valence-electron chi connectivity index (χ3n) is 3.80. The fourth-order valence-corrected chi connectivity index (χ4v) is 2.62. The van der Waals surface area contributed by atoms with Crippen molar-refractivity contribution in [2.75, 3.05) is 13.1 Å². The van der Waals surface area contributed by atoms with Gasteiger partial charge in [0.25, 0.3) is 5.91 Å². The highest BCUT2D eigenvalue weighted by Gasteiger charge is 2.21. The van der Waals surface area contributed by atoms with Crippen molar-refractivity contribution in [1.29, 1.82) is 0 Å². The fourth-order valence-electron chi connectivity index (χ4n) is 2.62. The minimum Gasteiger partial charge on any atom is -0.348 e. The van der Waals surface area contributed by atoms with Crippen LogP contribution in [0, 0.1) is 0 Å². The molecule has 1 aromatic rings. The van der Waals surface area contributed by atoms with Gasteiger partial charge in [-0.25, -0.2) is 0 Å². The van der Waals surface area contributed by atoms with Crippen molar-refractivity contribution in [2.45, 2.75) is 45.2 Å². The molecule has 1 fully saturated rings. The number of hydrogen-bond donors (Lipinski definition) is 1. The minimum absolute atomic E-state index is 0.0520. The van der Waals surface area contributed by atoms with Crippen LogP contribution in [0.25, 0.3) is 0 Å². The van der Waals surface area contributed by atoms with Gasteiger partial charge in [-0.1, -0.05) is 24.6 Å². The maximum absolute atomic E-state index is 12.2. The van der Waals surface area contributed by atoms with Crippen LogP contribution in [-0.4, -0.2) is 36.0 Å². The van der Waals surface area contributed by atoms with Gasteiger partial charge in [0.05, 0.1) is 0 Å². The van der Waals surface area contributed by atoms with Crippen LogP contribution in [0.3, 0.4) is 0 Å². The second-order valence-electron chi connectivity index (χ2n) is 5.62. The minimum atomic E-state index is 0.0520. The number of benzene rings is 1. The lowest BCUT2D eigenvalue weighted by molar-refractivity contribution is 0.0921. The van der Waals surface area contributed by atoms with Gasteiger partial charge < -0.3 is 5.32 Å². The van der Waals surface area contributed by atoms with Crippen LogP contribution in [0.4, 0.5) is 0 Å². The summed E-state index contributed by atoms with van der Waals surface area (Å²) in [6.45, 7) is 6.56. The molecule has 1 aromatic carbocycles. The van der Waals surface area contributed by atoms with E-state index < -0.39 is 0 Å². The van der Waals surface area contributed by atoms with Crippen molar-refractivity contribution < 1.29 is 4.79 Å². The van der Waals surface area contributed by atoms with Crippen molar-refractivity contribution in [3.05, 3.63) is 35.9 Å². The fraction of sp³-hybridized carbons (Fsp3) is 0.562. The molecule has 1 atom stereocenters. The Labute approximate surface area is 116 Å². The number of carbonyl (C=O) groups is 1. The first-order valence-corrected chi connectivity index (χ1v) is 7.27. The number of nitrogens with zero attached hydrogens (tertiary/aromatic N) is 1. The lowest BCUT2D eigenvalue weighted by Gasteiger charge is -2.28. The Morgan fingerprint density at radius 1 is 1.26 bits per heavy atom. The molecule has 1 heterocycles. The van der Waals surface area contributed by atoms with Gasteiger partial charge in [0, 0.05) is 24.2 Å². The lowest BCUT2D eigenvalue weighted by Crippen LogP contribution is -2.44. The number of carbonyl (C=O) groups excluding carboxylic acids is 1. The molecule has 1 aliphatic rings. The molecule has 0 aromatic heterocycles. The molecule has 0 bridgehead atoms. The summed E-state index contributed by atoms with van der Waals surface area (Å²) in [6.07, 6.45) is 3.51. The third-order valence-corrected chi connectivity index (χ3v) is 3.80. The molecule has 1 saturated heterocycles. The van der Waals surface area contributed by atoms with Gasteiger partial charge in [-0.2, -0.15) is 0 Å². The Hall–Kier alpha value is -1.35. The van der Waals surface area contributed by atoms with E-state index in [1.165, 1.54) is 12.8 Å². The number of hydrogen-bond acceptors (Lipinski definition) is 2. The zero-order valence-electron chi connectivity index (χ0n) is 11.9. The van der Waals surface area contributed by atoms with E-state index in [0.29, 0.717) is 6.04 Å². The molecule has 1 amide bonds. The molecule has 1 aliphatic heterocycles. The van der Waals surface area contributed by atoms with E-state index in [2.05, 4.69) is 24.1 Å². The topological polar surface area (TPSA) is 32.3 Å². The summed E-state index contributed by atoms with van der Waals surface area (Å²) in [4.78, 5) is 14.6. The Morgan fingerprint density at radius 2 is 2.00 bits per heavy atom. The van der Waals surface area contributed by atoms with Crippen LogP contribution in [-0.2, 0) is 0 Å². The molecule has 1 unspecified atom stereocenters. The van der Waals surface area contributed by atoms with Gasteiger partial charge in [0.1, 0.15) is 0 Å². The van der Waals surface area contributed by atoms with E-state index in [4.69, 9.17) is 0 Å². The summed E-state index contributed by atoms with van der Waals surface area (Å²) in [6, 6.07) is 10.3. The predicted molar refractivity (Wildman–Crippen MR) is 78.3 cm³/mol. The van der Waals surface area contributed by atoms with Gasteiger partial charge >= 0.3 is 0 Å². The van der Waals surface area contributed by atoms with E-state index in [-0.39, 0.29) is 11.9 Å². The largest absolute Gasteiger partial charge is 0.348 e. The van der Waals surface area contributed by atoms with Crippen LogP contribution in [0.2, 0.25) is 0 Å². The molecule has 0 radical (unpaired) electrons. The first-order valence-electron chi connectivity index (χ1n) is 7.27. The van der Waals surface area contributed by atoms with Crippen LogP contribution >= 0.6 is 0 Å². The van der Waals surface area contributed by atoms with E-state index in [1.807, 2.05) is 30.3 Å². The van der Waals surface area contributed by atoms with Crippen molar-refractivity contribution in [1.82, 2.24) is 10.2 Å². The van der Waals surface area contributed by atoms with Crippen molar-refractivity contribution in [3.8, 4) is 0 Å². The predicted octanol–water partition coefficient (Wildman–Crippen LogP) is 2.68. The molecule has 3 nitrogen and oxygen atoms in total. The summed E-state index contributed by atoms with van der Waals surface area (Å²) < 4.78 is 0. The molecule has 0 saturated carbocycles. The smallest absolute Gasteiger partial charge is 0.251 e. The average molecular weight is 260 g/mol. The number of amides is 1. The first-order chi connectivity index (χ1) is 9.16. The lowest BCUT2D eigenvalue weighted by atomic mass is 10.1. The Kier molecular flexibility index (Phi) is 4.97. The van der Waals surface area contributed by atoms with E-state index >= 15 is 0 Å². The summed E-state index contributed by atoms with van der Waals surface area (Å²) in [7, 11) is 0. The normalized spacial score (nSPS) is 21.1. The van der Waals surface area contributed by atoms with E-state index in [9.17, 15) is 4.79 Å². The van der Waals surface area contributed by atoms with Gasteiger partial charge in [-0.05, 0) is 45.4 Å². The first kappa shape index (κ1) is 14.1. The monoisotopic (exact) mass is 260 g/mol. The van der Waals surface area contributed by atoms with Gasteiger partial charge in [-0.15, -0.1) is 0 Å². The molecular weight excluding hydrogens is 236 g/mol. The highest BCUT2D eigenvalue weighted by Crippen LogP contribution is 2.13. The molecule has 19 heavy (non-hydrogen) atoms. The highest BCUT2D eigenvalue weighted by atomic mass is 16.1. The average Bonchev–Trinajstić information content (AvgIpc) is 2.65. The maximum atomic E-state index is 12.2. The summed E-state index contributed by atoms with van der Waals surface area (Å²) in [5.74, 6) is 0.0520. The van der Waals surface area contributed by atoms with Crippen LogP contribution in [0.15, 0.2) is 30.3 Å². The summed E-state index contributed by atoms with van der Waals surface area (Å²) >= 11 is 0. The standard InChI is InChI=1S/C16H24N2O/c1-13(2)18-11-7-6-10-15(12-18)17-16(19)14-8-4-3-5-9-14/h3-5,8-9,13,15H,6-7,10-12H2,1-2H3,(H,17,19).